The Morgan fingerprint density at radius 1 is 0.696 bits per heavy atom. The number of rotatable bonds is 2. The quantitative estimate of drug-likeness (QED) is 0.779. The van der Waals surface area contributed by atoms with Gasteiger partial charge >= 0.3 is 18.9 Å². The van der Waals surface area contributed by atoms with Crippen molar-refractivity contribution in [2.45, 2.75) is 27.7 Å². The molecule has 23 heavy (non-hydrogen) atoms. The van der Waals surface area contributed by atoms with Crippen molar-refractivity contribution in [1.29, 1.82) is 0 Å². The molecule has 3 nitrogen and oxygen atoms in total. The van der Waals surface area contributed by atoms with Crippen LogP contribution in [0.3, 0.4) is 0 Å². The van der Waals surface area contributed by atoms with Gasteiger partial charge in [0, 0.05) is 5.96 Å². The average Bonchev–Trinajstić information content (AvgIpc) is 2.81. The summed E-state index contributed by atoms with van der Waals surface area (Å²) in [5, 5.41) is 10.8. The van der Waals surface area contributed by atoms with Crippen molar-refractivity contribution in [3.8, 4) is 0 Å². The molecular formula is C19H22LiN3. The molecule has 4 heteroatoms. The second-order valence-corrected chi connectivity index (χ2v) is 6.08. The first-order chi connectivity index (χ1) is 10.5. The van der Waals surface area contributed by atoms with Crippen LogP contribution in [0.2, 0.25) is 0 Å². The van der Waals surface area contributed by atoms with E-state index in [4.69, 9.17) is 0 Å². The maximum Gasteiger partial charge on any atom is 1.00 e. The zero-order chi connectivity index (χ0) is 15.9. The van der Waals surface area contributed by atoms with Gasteiger partial charge in [0.2, 0.25) is 0 Å². The Morgan fingerprint density at radius 3 is 1.30 bits per heavy atom. The van der Waals surface area contributed by atoms with E-state index in [0.717, 1.165) is 24.5 Å². The van der Waals surface area contributed by atoms with E-state index in [9.17, 15) is 5.41 Å². The van der Waals surface area contributed by atoms with E-state index in [2.05, 4.69) is 64.1 Å². The fourth-order valence-corrected chi connectivity index (χ4v) is 3.43. The number of guanidine groups is 1. The molecule has 3 rings (SSSR count). The van der Waals surface area contributed by atoms with Crippen LogP contribution >= 0.6 is 0 Å². The molecule has 0 unspecified atom stereocenters. The van der Waals surface area contributed by atoms with E-state index in [1.807, 2.05) is 9.80 Å². The molecule has 0 spiro atoms. The summed E-state index contributed by atoms with van der Waals surface area (Å²) in [5.74, 6) is 0.329. The monoisotopic (exact) mass is 299 g/mol. The Hall–Kier alpha value is -1.69. The molecule has 0 aliphatic carbocycles. The molecule has 1 aliphatic heterocycles. The third-order valence-electron chi connectivity index (χ3n) is 4.45. The van der Waals surface area contributed by atoms with Gasteiger partial charge in [0.15, 0.2) is 0 Å². The van der Waals surface area contributed by atoms with Gasteiger partial charge in [0.25, 0.3) is 0 Å². The summed E-state index contributed by atoms with van der Waals surface area (Å²) in [6.45, 7) is 9.97. The summed E-state index contributed by atoms with van der Waals surface area (Å²) >= 11 is 0. The summed E-state index contributed by atoms with van der Waals surface area (Å²) in [4.78, 5) is 4.05. The van der Waals surface area contributed by atoms with Crippen LogP contribution in [0, 0.1) is 27.7 Å². The minimum absolute atomic E-state index is 0. The topological polar surface area (TPSA) is 28.8 Å². The van der Waals surface area contributed by atoms with Crippen LogP contribution in [0.1, 0.15) is 22.3 Å². The molecule has 114 valence electrons. The normalized spacial score (nSPS) is 14.2. The van der Waals surface area contributed by atoms with Gasteiger partial charge in [-0.15, -0.1) is 0 Å². The molecule has 0 amide bonds. The van der Waals surface area contributed by atoms with E-state index < -0.39 is 0 Å². The van der Waals surface area contributed by atoms with Gasteiger partial charge in [-0.05, 0) is 74.4 Å². The number of hydrogen-bond donors (Lipinski definition) is 0. The first kappa shape index (κ1) is 17.7. The summed E-state index contributed by atoms with van der Waals surface area (Å²) in [6.07, 6.45) is 0. The third kappa shape index (κ3) is 3.04. The van der Waals surface area contributed by atoms with Gasteiger partial charge in [-0.25, -0.2) is 0 Å². The molecule has 1 saturated heterocycles. The maximum absolute atomic E-state index is 10.8. The van der Waals surface area contributed by atoms with Crippen molar-refractivity contribution in [3.05, 3.63) is 64.1 Å². The number of nitrogens with zero attached hydrogens (tertiary/aromatic N) is 3. The van der Waals surface area contributed by atoms with Crippen LogP contribution in [0.15, 0.2) is 36.4 Å². The fraction of sp³-hybridized carbons (Fsp3) is 0.316. The van der Waals surface area contributed by atoms with E-state index in [1.54, 1.807) is 0 Å². The standard InChI is InChI=1S/C19H22N3.Li/c1-13-7-5-8-14(2)17(13)21-11-12-22(19(21)20)18-15(3)9-6-10-16(18)4;/h5-10H,11-12H2,1-4H3;/q-1;+1. The van der Waals surface area contributed by atoms with Crippen LogP contribution in [0.25, 0.3) is 5.41 Å². The molecule has 1 heterocycles. The van der Waals surface area contributed by atoms with Crippen LogP contribution < -0.4 is 28.7 Å². The van der Waals surface area contributed by atoms with E-state index in [0.29, 0.717) is 5.96 Å². The molecular weight excluding hydrogens is 277 g/mol. The molecule has 1 aliphatic rings. The number of aryl methyl sites for hydroxylation is 4. The Bertz CT molecular complexity index is 637. The Kier molecular flexibility index (Phi) is 5.24. The number of para-hydroxylation sites is 2. The largest absolute Gasteiger partial charge is 1.00 e. The molecule has 0 N–H and O–H groups in total. The van der Waals surface area contributed by atoms with Crippen molar-refractivity contribution in [2.24, 2.45) is 0 Å². The number of hydrogen-bond acceptors (Lipinski definition) is 0. The number of anilines is 2. The Labute approximate surface area is 151 Å². The van der Waals surface area contributed by atoms with Gasteiger partial charge in [0.05, 0.1) is 0 Å². The minimum Gasteiger partial charge on any atom is -0.397 e. The SMILES string of the molecule is Cc1cccc(C)c1N1CCN(c2c(C)cccc2C)C1=[N-].[Li+]. The van der Waals surface area contributed by atoms with Gasteiger partial charge in [-0.2, -0.15) is 0 Å². The summed E-state index contributed by atoms with van der Waals surface area (Å²) < 4.78 is 0. The first-order valence-corrected chi connectivity index (χ1v) is 7.74. The van der Waals surface area contributed by atoms with Crippen LogP contribution in [-0.2, 0) is 0 Å². The van der Waals surface area contributed by atoms with Crippen molar-refractivity contribution in [2.75, 3.05) is 22.9 Å². The second kappa shape index (κ2) is 6.82. The van der Waals surface area contributed by atoms with E-state index in [1.165, 1.54) is 22.3 Å². The molecule has 2 aromatic carbocycles. The van der Waals surface area contributed by atoms with Gasteiger partial charge in [-0.1, -0.05) is 36.4 Å². The van der Waals surface area contributed by atoms with Crippen molar-refractivity contribution in [1.82, 2.24) is 0 Å². The predicted molar refractivity (Wildman–Crippen MR) is 94.9 cm³/mol. The minimum atomic E-state index is 0. The summed E-state index contributed by atoms with van der Waals surface area (Å²) in [7, 11) is 0. The molecule has 0 atom stereocenters. The zero-order valence-corrected chi connectivity index (χ0v) is 14.7. The predicted octanol–water partition coefficient (Wildman–Crippen LogP) is 1.18. The van der Waals surface area contributed by atoms with Crippen molar-refractivity contribution < 1.29 is 18.9 Å². The third-order valence-corrected chi connectivity index (χ3v) is 4.45. The number of benzene rings is 2. The van der Waals surface area contributed by atoms with Crippen molar-refractivity contribution in [3.63, 3.8) is 0 Å². The summed E-state index contributed by atoms with van der Waals surface area (Å²) in [5.41, 5.74) is 7.00. The molecule has 0 bridgehead atoms. The zero-order valence-electron chi connectivity index (χ0n) is 14.7. The molecule has 0 aromatic heterocycles. The van der Waals surface area contributed by atoms with Crippen molar-refractivity contribution >= 4 is 17.3 Å². The smallest absolute Gasteiger partial charge is 0.397 e. The molecule has 2 aromatic rings. The van der Waals surface area contributed by atoms with Crippen LogP contribution in [0.5, 0.6) is 0 Å². The fourth-order valence-electron chi connectivity index (χ4n) is 3.43. The average molecular weight is 299 g/mol. The van der Waals surface area contributed by atoms with Gasteiger partial charge in [0.1, 0.15) is 0 Å². The van der Waals surface area contributed by atoms with Crippen LogP contribution in [0.4, 0.5) is 11.4 Å². The maximum atomic E-state index is 10.8. The summed E-state index contributed by atoms with van der Waals surface area (Å²) in [6, 6.07) is 12.5. The molecule has 1 fully saturated rings. The second-order valence-electron chi connectivity index (χ2n) is 6.08. The van der Waals surface area contributed by atoms with E-state index >= 15 is 0 Å². The Balaban J connectivity index is 0.00000192. The van der Waals surface area contributed by atoms with E-state index in [-0.39, 0.29) is 18.9 Å². The molecule has 0 saturated carbocycles. The molecule has 0 radical (unpaired) electrons. The van der Waals surface area contributed by atoms with Gasteiger partial charge < -0.3 is 15.2 Å². The Morgan fingerprint density at radius 2 is 1.00 bits per heavy atom. The first-order valence-electron chi connectivity index (χ1n) is 7.74. The van der Waals surface area contributed by atoms with Crippen LogP contribution in [-0.4, -0.2) is 19.0 Å². The van der Waals surface area contributed by atoms with Gasteiger partial charge in [-0.3, -0.25) is 0 Å².